The SMILES string of the molecule is COc1ccc(CNC2(C(=O)O)CCCCCC2)nn1. The molecule has 0 aromatic carbocycles. The quantitative estimate of drug-likeness (QED) is 0.799. The van der Waals surface area contributed by atoms with E-state index in [-0.39, 0.29) is 0 Å². The van der Waals surface area contributed by atoms with Gasteiger partial charge in [-0.15, -0.1) is 5.10 Å². The number of carboxylic acid groups (broad SMARTS) is 1. The van der Waals surface area contributed by atoms with Crippen LogP contribution in [0.15, 0.2) is 12.1 Å². The summed E-state index contributed by atoms with van der Waals surface area (Å²) in [5.41, 5.74) is -0.103. The molecule has 0 unspecified atom stereocenters. The number of carbonyl (C=O) groups is 1. The summed E-state index contributed by atoms with van der Waals surface area (Å²) in [4.78, 5) is 11.6. The number of aliphatic carboxylic acids is 1. The van der Waals surface area contributed by atoms with E-state index in [1.807, 2.05) is 0 Å². The summed E-state index contributed by atoms with van der Waals surface area (Å²) in [7, 11) is 1.53. The molecule has 0 spiro atoms. The van der Waals surface area contributed by atoms with E-state index in [2.05, 4.69) is 15.5 Å². The van der Waals surface area contributed by atoms with Crippen molar-refractivity contribution in [1.82, 2.24) is 15.5 Å². The van der Waals surface area contributed by atoms with Crippen molar-refractivity contribution in [3.05, 3.63) is 17.8 Å². The van der Waals surface area contributed by atoms with Crippen molar-refractivity contribution in [2.45, 2.75) is 50.6 Å². The molecule has 0 radical (unpaired) electrons. The first-order valence-electron chi connectivity index (χ1n) is 7.01. The Morgan fingerprint density at radius 3 is 2.50 bits per heavy atom. The van der Waals surface area contributed by atoms with Crippen molar-refractivity contribution < 1.29 is 14.6 Å². The minimum Gasteiger partial charge on any atom is -0.480 e. The minimum atomic E-state index is -0.821. The topological polar surface area (TPSA) is 84.3 Å². The van der Waals surface area contributed by atoms with Crippen LogP contribution in [0.3, 0.4) is 0 Å². The van der Waals surface area contributed by atoms with Crippen LogP contribution in [-0.2, 0) is 11.3 Å². The lowest BCUT2D eigenvalue weighted by Gasteiger charge is -2.29. The van der Waals surface area contributed by atoms with Crippen LogP contribution in [-0.4, -0.2) is 33.9 Å². The van der Waals surface area contributed by atoms with Gasteiger partial charge in [0, 0.05) is 12.6 Å². The Morgan fingerprint density at radius 2 is 2.00 bits per heavy atom. The van der Waals surface area contributed by atoms with Gasteiger partial charge in [0.25, 0.3) is 0 Å². The number of ether oxygens (including phenoxy) is 1. The maximum Gasteiger partial charge on any atom is 0.323 e. The van der Waals surface area contributed by atoms with Crippen molar-refractivity contribution in [2.24, 2.45) is 0 Å². The standard InChI is InChI=1S/C14H21N3O3/c1-20-12-7-6-11(16-17-12)10-15-14(13(18)19)8-4-2-3-5-9-14/h6-7,15H,2-5,8-10H2,1H3,(H,18,19). The molecule has 1 aliphatic rings. The van der Waals surface area contributed by atoms with Crippen molar-refractivity contribution in [1.29, 1.82) is 0 Å². The second-order valence-corrected chi connectivity index (χ2v) is 5.22. The molecule has 0 atom stereocenters. The van der Waals surface area contributed by atoms with Gasteiger partial charge in [0.05, 0.1) is 12.8 Å². The van der Waals surface area contributed by atoms with Crippen LogP contribution in [0.25, 0.3) is 0 Å². The van der Waals surface area contributed by atoms with Gasteiger partial charge in [-0.2, -0.15) is 5.10 Å². The normalized spacial score (nSPS) is 18.2. The van der Waals surface area contributed by atoms with Gasteiger partial charge in [0.2, 0.25) is 5.88 Å². The summed E-state index contributed by atoms with van der Waals surface area (Å²) in [6.45, 7) is 0.406. The molecule has 0 saturated heterocycles. The Hall–Kier alpha value is -1.69. The van der Waals surface area contributed by atoms with Gasteiger partial charge in [-0.25, -0.2) is 0 Å². The van der Waals surface area contributed by atoms with Gasteiger partial charge in [-0.05, 0) is 18.9 Å². The Bertz CT molecular complexity index is 439. The van der Waals surface area contributed by atoms with Gasteiger partial charge in [0.15, 0.2) is 0 Å². The smallest absolute Gasteiger partial charge is 0.323 e. The van der Waals surface area contributed by atoms with E-state index in [4.69, 9.17) is 4.74 Å². The van der Waals surface area contributed by atoms with E-state index in [9.17, 15) is 9.90 Å². The van der Waals surface area contributed by atoms with Crippen molar-refractivity contribution in [3.8, 4) is 5.88 Å². The average Bonchev–Trinajstić information content (AvgIpc) is 2.72. The van der Waals surface area contributed by atoms with Crippen molar-refractivity contribution >= 4 is 5.97 Å². The van der Waals surface area contributed by atoms with Crippen molar-refractivity contribution in [3.63, 3.8) is 0 Å². The third kappa shape index (κ3) is 3.45. The van der Waals surface area contributed by atoms with Gasteiger partial charge in [-0.3, -0.25) is 10.1 Å². The molecule has 1 aromatic rings. The molecule has 2 rings (SSSR count). The van der Waals surface area contributed by atoms with Crippen LogP contribution >= 0.6 is 0 Å². The maximum atomic E-state index is 11.6. The second-order valence-electron chi connectivity index (χ2n) is 5.22. The molecule has 2 N–H and O–H groups in total. The Kier molecular flexibility index (Phi) is 4.89. The fraction of sp³-hybridized carbons (Fsp3) is 0.643. The molecule has 0 amide bonds. The first-order valence-corrected chi connectivity index (χ1v) is 7.01. The summed E-state index contributed by atoms with van der Waals surface area (Å²) in [6.07, 6.45) is 5.47. The second kappa shape index (κ2) is 6.65. The highest BCUT2D eigenvalue weighted by Crippen LogP contribution is 2.27. The first-order chi connectivity index (χ1) is 9.66. The molecule has 20 heavy (non-hydrogen) atoms. The van der Waals surface area contributed by atoms with Crippen LogP contribution in [0.4, 0.5) is 0 Å². The zero-order valence-electron chi connectivity index (χ0n) is 11.8. The molecule has 1 fully saturated rings. The van der Waals surface area contributed by atoms with Crippen LogP contribution in [0.2, 0.25) is 0 Å². The zero-order valence-corrected chi connectivity index (χ0v) is 11.8. The molecule has 6 nitrogen and oxygen atoms in total. The van der Waals surface area contributed by atoms with Crippen LogP contribution in [0.1, 0.15) is 44.2 Å². The lowest BCUT2D eigenvalue weighted by atomic mass is 9.90. The first kappa shape index (κ1) is 14.7. The summed E-state index contributed by atoms with van der Waals surface area (Å²) < 4.78 is 4.95. The van der Waals surface area contributed by atoms with Crippen LogP contribution < -0.4 is 10.1 Å². The molecule has 6 heteroatoms. The Balaban J connectivity index is 2.02. The van der Waals surface area contributed by atoms with Gasteiger partial charge in [-0.1, -0.05) is 25.7 Å². The number of hydrogen-bond acceptors (Lipinski definition) is 5. The minimum absolute atomic E-state index is 0.406. The molecule has 1 aliphatic carbocycles. The summed E-state index contributed by atoms with van der Waals surface area (Å²) >= 11 is 0. The molecule has 1 aromatic heterocycles. The largest absolute Gasteiger partial charge is 0.480 e. The summed E-state index contributed by atoms with van der Waals surface area (Å²) in [5.74, 6) is -0.308. The number of rotatable bonds is 5. The van der Waals surface area contributed by atoms with E-state index in [1.54, 1.807) is 12.1 Å². The molecule has 1 heterocycles. The fourth-order valence-corrected chi connectivity index (χ4v) is 2.61. The summed E-state index contributed by atoms with van der Waals surface area (Å²) in [5, 5.41) is 20.6. The molecule has 0 bridgehead atoms. The Morgan fingerprint density at radius 1 is 1.30 bits per heavy atom. The van der Waals surface area contributed by atoms with Crippen LogP contribution in [0.5, 0.6) is 5.88 Å². The lowest BCUT2D eigenvalue weighted by Crippen LogP contribution is -2.51. The zero-order chi connectivity index (χ0) is 14.4. The number of methoxy groups -OCH3 is 1. The van der Waals surface area contributed by atoms with E-state index < -0.39 is 11.5 Å². The third-order valence-corrected chi connectivity index (χ3v) is 3.88. The Labute approximate surface area is 118 Å². The number of nitrogens with zero attached hydrogens (tertiary/aromatic N) is 2. The molecule has 110 valence electrons. The predicted molar refractivity (Wildman–Crippen MR) is 73.5 cm³/mol. The monoisotopic (exact) mass is 279 g/mol. The van der Waals surface area contributed by atoms with Crippen LogP contribution in [0, 0.1) is 0 Å². The fourth-order valence-electron chi connectivity index (χ4n) is 2.61. The highest BCUT2D eigenvalue weighted by Gasteiger charge is 2.38. The number of nitrogens with one attached hydrogen (secondary N) is 1. The third-order valence-electron chi connectivity index (χ3n) is 3.88. The highest BCUT2D eigenvalue weighted by molar-refractivity contribution is 5.78. The number of aromatic nitrogens is 2. The van der Waals surface area contributed by atoms with E-state index in [0.717, 1.165) is 31.4 Å². The van der Waals surface area contributed by atoms with Crippen molar-refractivity contribution in [2.75, 3.05) is 7.11 Å². The number of hydrogen-bond donors (Lipinski definition) is 2. The van der Waals surface area contributed by atoms with E-state index >= 15 is 0 Å². The highest BCUT2D eigenvalue weighted by atomic mass is 16.5. The van der Waals surface area contributed by atoms with E-state index in [1.165, 1.54) is 7.11 Å². The molecular weight excluding hydrogens is 258 g/mol. The maximum absolute atomic E-state index is 11.6. The molecule has 1 saturated carbocycles. The summed E-state index contributed by atoms with van der Waals surface area (Å²) in [6, 6.07) is 3.52. The lowest BCUT2D eigenvalue weighted by molar-refractivity contribution is -0.145. The molecular formula is C14H21N3O3. The predicted octanol–water partition coefficient (Wildman–Crippen LogP) is 1.75. The van der Waals surface area contributed by atoms with Gasteiger partial charge < -0.3 is 9.84 Å². The molecule has 0 aliphatic heterocycles. The van der Waals surface area contributed by atoms with E-state index in [0.29, 0.717) is 25.3 Å². The van der Waals surface area contributed by atoms with Gasteiger partial charge >= 0.3 is 5.97 Å². The average molecular weight is 279 g/mol. The van der Waals surface area contributed by atoms with Gasteiger partial charge in [0.1, 0.15) is 5.54 Å². The number of carboxylic acids is 1.